The van der Waals surface area contributed by atoms with Crippen LogP contribution in [0, 0.1) is 0 Å². The monoisotopic (exact) mass is 301 g/mol. The Morgan fingerprint density at radius 2 is 1.71 bits per heavy atom. The van der Waals surface area contributed by atoms with Gasteiger partial charge in [-0.2, -0.15) is 0 Å². The SMILES string of the molecule is CC(C)(C)c1ccc(O)cc1-n1nc2ccc(Cl)cc2n1. The molecule has 3 rings (SSSR count). The first-order chi connectivity index (χ1) is 9.84. The molecule has 5 heteroatoms. The lowest BCUT2D eigenvalue weighted by molar-refractivity contribution is 0.472. The van der Waals surface area contributed by atoms with Crippen molar-refractivity contribution < 1.29 is 5.11 Å². The minimum absolute atomic E-state index is 0.0828. The van der Waals surface area contributed by atoms with E-state index >= 15 is 0 Å². The highest BCUT2D eigenvalue weighted by atomic mass is 35.5. The van der Waals surface area contributed by atoms with Gasteiger partial charge < -0.3 is 5.11 Å². The number of hydrogen-bond donors (Lipinski definition) is 1. The van der Waals surface area contributed by atoms with Crippen LogP contribution in [-0.4, -0.2) is 20.1 Å². The van der Waals surface area contributed by atoms with E-state index in [1.165, 1.54) is 0 Å². The van der Waals surface area contributed by atoms with Gasteiger partial charge in [0.2, 0.25) is 0 Å². The first-order valence-corrected chi connectivity index (χ1v) is 7.09. The van der Waals surface area contributed by atoms with Crippen LogP contribution in [0.25, 0.3) is 16.7 Å². The van der Waals surface area contributed by atoms with Crippen LogP contribution in [0.2, 0.25) is 5.02 Å². The number of phenolic OH excluding ortho intramolecular Hbond substituents is 1. The van der Waals surface area contributed by atoms with E-state index in [2.05, 4.69) is 31.0 Å². The molecule has 0 atom stereocenters. The van der Waals surface area contributed by atoms with Crippen molar-refractivity contribution in [1.82, 2.24) is 15.0 Å². The van der Waals surface area contributed by atoms with E-state index in [0.717, 1.165) is 22.3 Å². The molecule has 1 N–H and O–H groups in total. The van der Waals surface area contributed by atoms with E-state index in [9.17, 15) is 5.11 Å². The second-order valence-corrected chi connectivity index (χ2v) is 6.51. The molecular formula is C16H16ClN3O. The Bertz CT molecular complexity index is 818. The number of aromatic hydroxyl groups is 1. The fourth-order valence-electron chi connectivity index (χ4n) is 2.32. The summed E-state index contributed by atoms with van der Waals surface area (Å²) in [7, 11) is 0. The van der Waals surface area contributed by atoms with E-state index in [0.29, 0.717) is 5.02 Å². The third-order valence-corrected chi connectivity index (χ3v) is 3.58. The normalized spacial score (nSPS) is 12.0. The molecule has 0 spiro atoms. The summed E-state index contributed by atoms with van der Waals surface area (Å²) in [5, 5.41) is 19.4. The molecule has 4 nitrogen and oxygen atoms in total. The Morgan fingerprint density at radius 1 is 1.00 bits per heavy atom. The highest BCUT2D eigenvalue weighted by Gasteiger charge is 2.20. The number of rotatable bonds is 1. The zero-order valence-corrected chi connectivity index (χ0v) is 12.9. The second-order valence-electron chi connectivity index (χ2n) is 6.07. The first kappa shape index (κ1) is 13.9. The highest BCUT2D eigenvalue weighted by Crippen LogP contribution is 2.31. The molecule has 0 amide bonds. The Morgan fingerprint density at radius 3 is 2.43 bits per heavy atom. The number of halogens is 1. The molecule has 0 aliphatic heterocycles. The lowest BCUT2D eigenvalue weighted by Crippen LogP contribution is -2.16. The third-order valence-electron chi connectivity index (χ3n) is 3.35. The van der Waals surface area contributed by atoms with Crippen molar-refractivity contribution in [1.29, 1.82) is 0 Å². The van der Waals surface area contributed by atoms with Gasteiger partial charge >= 0.3 is 0 Å². The number of benzene rings is 2. The van der Waals surface area contributed by atoms with Crippen molar-refractivity contribution in [3.05, 3.63) is 47.0 Å². The van der Waals surface area contributed by atoms with Crippen molar-refractivity contribution in [2.24, 2.45) is 0 Å². The molecule has 0 unspecified atom stereocenters. The summed E-state index contributed by atoms with van der Waals surface area (Å²) in [6.45, 7) is 6.34. The molecule has 1 heterocycles. The average molecular weight is 302 g/mol. The van der Waals surface area contributed by atoms with Crippen molar-refractivity contribution in [2.45, 2.75) is 26.2 Å². The van der Waals surface area contributed by atoms with Gasteiger partial charge in [0.25, 0.3) is 0 Å². The van der Waals surface area contributed by atoms with E-state index < -0.39 is 0 Å². The van der Waals surface area contributed by atoms with Gasteiger partial charge in [-0.25, -0.2) is 0 Å². The summed E-state index contributed by atoms with van der Waals surface area (Å²) in [5.74, 6) is 0.192. The van der Waals surface area contributed by atoms with E-state index in [1.54, 1.807) is 29.1 Å². The van der Waals surface area contributed by atoms with Crippen molar-refractivity contribution in [3.63, 3.8) is 0 Å². The van der Waals surface area contributed by atoms with Gasteiger partial charge in [0, 0.05) is 11.1 Å². The van der Waals surface area contributed by atoms with Crippen molar-refractivity contribution in [3.8, 4) is 11.4 Å². The van der Waals surface area contributed by atoms with Gasteiger partial charge in [0.05, 0.1) is 5.69 Å². The molecule has 0 fully saturated rings. The topological polar surface area (TPSA) is 50.9 Å². The van der Waals surface area contributed by atoms with Gasteiger partial charge in [-0.15, -0.1) is 15.0 Å². The van der Waals surface area contributed by atoms with Crippen LogP contribution in [0.4, 0.5) is 0 Å². The van der Waals surface area contributed by atoms with Gasteiger partial charge in [-0.05, 0) is 35.2 Å². The van der Waals surface area contributed by atoms with Crippen molar-refractivity contribution >= 4 is 22.6 Å². The Labute approximate surface area is 128 Å². The Kier molecular flexibility index (Phi) is 3.14. The van der Waals surface area contributed by atoms with Crippen LogP contribution >= 0.6 is 11.6 Å². The number of hydrogen-bond acceptors (Lipinski definition) is 3. The molecule has 21 heavy (non-hydrogen) atoms. The predicted molar refractivity (Wildman–Crippen MR) is 84.2 cm³/mol. The largest absolute Gasteiger partial charge is 0.508 e. The average Bonchev–Trinajstić information content (AvgIpc) is 2.80. The van der Waals surface area contributed by atoms with E-state index in [-0.39, 0.29) is 11.2 Å². The maximum absolute atomic E-state index is 9.79. The molecular weight excluding hydrogens is 286 g/mol. The Hall–Kier alpha value is -2.07. The second kappa shape index (κ2) is 4.74. The third kappa shape index (κ3) is 2.59. The predicted octanol–water partition coefficient (Wildman–Crippen LogP) is 4.08. The van der Waals surface area contributed by atoms with Gasteiger partial charge in [0.1, 0.15) is 16.8 Å². The molecule has 0 bridgehead atoms. The molecule has 0 aliphatic rings. The molecule has 3 aromatic rings. The van der Waals surface area contributed by atoms with Crippen LogP contribution in [0.3, 0.4) is 0 Å². The maximum atomic E-state index is 9.79. The number of aromatic nitrogens is 3. The number of phenols is 1. The summed E-state index contributed by atoms with van der Waals surface area (Å²) in [5.41, 5.74) is 3.25. The van der Waals surface area contributed by atoms with Gasteiger partial charge in [-0.1, -0.05) is 38.4 Å². The molecule has 0 saturated heterocycles. The minimum Gasteiger partial charge on any atom is -0.508 e. The summed E-state index contributed by atoms with van der Waals surface area (Å²) in [6.07, 6.45) is 0. The first-order valence-electron chi connectivity index (χ1n) is 6.71. The Balaban J connectivity index is 2.24. The van der Waals surface area contributed by atoms with Gasteiger partial charge in [-0.3, -0.25) is 0 Å². The van der Waals surface area contributed by atoms with Crippen LogP contribution in [0.1, 0.15) is 26.3 Å². The zero-order chi connectivity index (χ0) is 15.2. The molecule has 0 radical (unpaired) electrons. The molecule has 1 aromatic heterocycles. The highest BCUT2D eigenvalue weighted by molar-refractivity contribution is 6.31. The lowest BCUT2D eigenvalue weighted by Gasteiger charge is -2.22. The van der Waals surface area contributed by atoms with E-state index in [4.69, 9.17) is 11.6 Å². The standard InChI is InChI=1S/C16H16ClN3O/c1-16(2,3)12-6-5-11(21)9-15(12)20-18-13-7-4-10(17)8-14(13)19-20/h4-9,21H,1-3H3. The molecule has 0 aliphatic carbocycles. The minimum atomic E-state index is -0.0828. The number of fused-ring (bicyclic) bond motifs is 1. The van der Waals surface area contributed by atoms with Crippen LogP contribution < -0.4 is 0 Å². The smallest absolute Gasteiger partial charge is 0.117 e. The lowest BCUT2D eigenvalue weighted by atomic mass is 9.86. The summed E-state index contributed by atoms with van der Waals surface area (Å²) < 4.78 is 0. The molecule has 108 valence electrons. The fourth-order valence-corrected chi connectivity index (χ4v) is 2.48. The number of nitrogens with zero attached hydrogens (tertiary/aromatic N) is 3. The van der Waals surface area contributed by atoms with Crippen LogP contribution in [0.5, 0.6) is 5.75 Å². The molecule has 0 saturated carbocycles. The van der Waals surface area contributed by atoms with E-state index in [1.807, 2.05) is 12.1 Å². The maximum Gasteiger partial charge on any atom is 0.117 e. The van der Waals surface area contributed by atoms with Crippen LogP contribution in [-0.2, 0) is 5.41 Å². The summed E-state index contributed by atoms with van der Waals surface area (Å²) in [6, 6.07) is 10.7. The van der Waals surface area contributed by atoms with Crippen LogP contribution in [0.15, 0.2) is 36.4 Å². The quantitative estimate of drug-likeness (QED) is 0.737. The zero-order valence-electron chi connectivity index (χ0n) is 12.1. The summed E-state index contributed by atoms with van der Waals surface area (Å²) >= 11 is 5.99. The molecule has 2 aromatic carbocycles. The van der Waals surface area contributed by atoms with Crippen molar-refractivity contribution in [2.75, 3.05) is 0 Å². The summed E-state index contributed by atoms with van der Waals surface area (Å²) in [4.78, 5) is 1.56. The fraction of sp³-hybridized carbons (Fsp3) is 0.250. The van der Waals surface area contributed by atoms with Gasteiger partial charge in [0.15, 0.2) is 0 Å².